The van der Waals surface area contributed by atoms with E-state index in [1.54, 1.807) is 25.3 Å². The van der Waals surface area contributed by atoms with Crippen molar-refractivity contribution in [3.63, 3.8) is 0 Å². The van der Waals surface area contributed by atoms with Crippen LogP contribution in [0.25, 0.3) is 11.3 Å². The first-order valence-electron chi connectivity index (χ1n) is 6.83. The maximum atomic E-state index is 12.4. The third-order valence-corrected chi connectivity index (χ3v) is 4.69. The number of rotatable bonds is 4. The minimum atomic E-state index is -0.231. The summed E-state index contributed by atoms with van der Waals surface area (Å²) in [6, 6.07) is 15.2. The normalized spacial score (nSPS) is 10.3. The van der Waals surface area contributed by atoms with Crippen LogP contribution in [0.15, 0.2) is 53.9 Å². The summed E-state index contributed by atoms with van der Waals surface area (Å²) in [5.41, 5.74) is 2.36. The minimum Gasteiger partial charge on any atom is -0.496 e. The van der Waals surface area contributed by atoms with Gasteiger partial charge < -0.3 is 4.74 Å². The molecule has 1 aromatic heterocycles. The lowest BCUT2D eigenvalue weighted by Crippen LogP contribution is -2.12. The molecule has 0 aliphatic rings. The van der Waals surface area contributed by atoms with Gasteiger partial charge in [0.15, 0.2) is 5.13 Å². The van der Waals surface area contributed by atoms with Crippen molar-refractivity contribution in [1.29, 1.82) is 0 Å². The van der Waals surface area contributed by atoms with E-state index < -0.39 is 0 Å². The summed E-state index contributed by atoms with van der Waals surface area (Å²) in [5, 5.41) is 5.32. The van der Waals surface area contributed by atoms with E-state index in [1.165, 1.54) is 14.9 Å². The van der Waals surface area contributed by atoms with E-state index in [0.717, 1.165) is 11.3 Å². The van der Waals surface area contributed by atoms with Gasteiger partial charge in [0.2, 0.25) is 0 Å². The van der Waals surface area contributed by atoms with Crippen LogP contribution in [-0.2, 0) is 0 Å². The standard InChI is InChI=1S/C17H13IN2O2S/c1-22-15-5-3-2-4-13(15)16(21)20-17-19-14(10-23-17)11-6-8-12(18)9-7-11/h2-10H,1H3,(H,19,20,21). The second kappa shape index (κ2) is 7.10. The predicted molar refractivity (Wildman–Crippen MR) is 101 cm³/mol. The fraction of sp³-hybridized carbons (Fsp3) is 0.0588. The molecule has 0 bridgehead atoms. The van der Waals surface area contributed by atoms with Gasteiger partial charge in [-0.05, 0) is 46.9 Å². The van der Waals surface area contributed by atoms with Crippen molar-refractivity contribution in [2.45, 2.75) is 0 Å². The van der Waals surface area contributed by atoms with Crippen molar-refractivity contribution in [3.8, 4) is 17.0 Å². The Labute approximate surface area is 151 Å². The molecule has 1 N–H and O–H groups in total. The lowest BCUT2D eigenvalue weighted by Gasteiger charge is -2.07. The second-order valence-corrected chi connectivity index (χ2v) is 6.80. The fourth-order valence-electron chi connectivity index (χ4n) is 2.08. The number of carbonyl (C=O) groups excluding carboxylic acids is 1. The van der Waals surface area contributed by atoms with Crippen LogP contribution in [0.4, 0.5) is 5.13 Å². The van der Waals surface area contributed by atoms with Crippen molar-refractivity contribution in [2.24, 2.45) is 0 Å². The van der Waals surface area contributed by atoms with Crippen LogP contribution < -0.4 is 10.1 Å². The largest absolute Gasteiger partial charge is 0.496 e. The molecule has 6 heteroatoms. The Morgan fingerprint density at radius 2 is 1.91 bits per heavy atom. The molecule has 0 unspecified atom stereocenters. The number of ether oxygens (including phenoxy) is 1. The number of methoxy groups -OCH3 is 1. The van der Waals surface area contributed by atoms with E-state index in [2.05, 4.69) is 32.9 Å². The Morgan fingerprint density at radius 3 is 2.65 bits per heavy atom. The summed E-state index contributed by atoms with van der Waals surface area (Å²) < 4.78 is 6.38. The number of benzene rings is 2. The van der Waals surface area contributed by atoms with Gasteiger partial charge in [-0.15, -0.1) is 11.3 Å². The third kappa shape index (κ3) is 3.70. The van der Waals surface area contributed by atoms with Gasteiger partial charge in [0.05, 0.1) is 18.4 Å². The fourth-order valence-corrected chi connectivity index (χ4v) is 3.16. The summed E-state index contributed by atoms with van der Waals surface area (Å²) in [6.07, 6.45) is 0. The summed E-state index contributed by atoms with van der Waals surface area (Å²) in [5.74, 6) is 0.311. The van der Waals surface area contributed by atoms with Gasteiger partial charge in [-0.1, -0.05) is 24.3 Å². The van der Waals surface area contributed by atoms with E-state index in [1.807, 2.05) is 35.7 Å². The monoisotopic (exact) mass is 436 g/mol. The highest BCUT2D eigenvalue weighted by Crippen LogP contribution is 2.26. The van der Waals surface area contributed by atoms with Crippen LogP contribution >= 0.6 is 33.9 Å². The zero-order chi connectivity index (χ0) is 16.2. The molecule has 0 saturated heterocycles. The van der Waals surface area contributed by atoms with E-state index in [4.69, 9.17) is 4.74 Å². The molecule has 1 amide bonds. The number of thiazole rings is 1. The lowest BCUT2D eigenvalue weighted by molar-refractivity contribution is 0.102. The van der Waals surface area contributed by atoms with E-state index in [0.29, 0.717) is 16.4 Å². The topological polar surface area (TPSA) is 51.2 Å². The first-order chi connectivity index (χ1) is 11.2. The number of nitrogens with one attached hydrogen (secondary N) is 1. The van der Waals surface area contributed by atoms with Crippen LogP contribution in [0.5, 0.6) is 5.75 Å². The molecule has 1 heterocycles. The first kappa shape index (κ1) is 15.9. The third-order valence-electron chi connectivity index (χ3n) is 3.22. The highest BCUT2D eigenvalue weighted by Gasteiger charge is 2.13. The SMILES string of the molecule is COc1ccccc1C(=O)Nc1nc(-c2ccc(I)cc2)cs1. The van der Waals surface area contributed by atoms with Gasteiger partial charge in [0, 0.05) is 14.5 Å². The van der Waals surface area contributed by atoms with Gasteiger partial charge in [0.1, 0.15) is 5.75 Å². The smallest absolute Gasteiger partial charge is 0.261 e. The van der Waals surface area contributed by atoms with Gasteiger partial charge >= 0.3 is 0 Å². The number of nitrogens with zero attached hydrogens (tertiary/aromatic N) is 1. The Kier molecular flexibility index (Phi) is 4.92. The van der Waals surface area contributed by atoms with Crippen LogP contribution in [-0.4, -0.2) is 18.0 Å². The Morgan fingerprint density at radius 1 is 1.17 bits per heavy atom. The molecule has 0 aliphatic heterocycles. The van der Waals surface area contributed by atoms with Crippen LogP contribution in [0.3, 0.4) is 0 Å². The molecular weight excluding hydrogens is 423 g/mol. The quantitative estimate of drug-likeness (QED) is 0.605. The average molecular weight is 436 g/mol. The molecule has 0 saturated carbocycles. The van der Waals surface area contributed by atoms with E-state index in [-0.39, 0.29) is 5.91 Å². The molecule has 116 valence electrons. The number of hydrogen-bond donors (Lipinski definition) is 1. The Bertz CT molecular complexity index is 831. The molecule has 0 spiro atoms. The van der Waals surface area contributed by atoms with Gasteiger partial charge in [-0.3, -0.25) is 10.1 Å². The van der Waals surface area contributed by atoms with E-state index >= 15 is 0 Å². The molecular formula is C17H13IN2O2S. The van der Waals surface area contributed by atoms with E-state index in [9.17, 15) is 4.79 Å². The number of anilines is 1. The number of aromatic nitrogens is 1. The zero-order valence-electron chi connectivity index (χ0n) is 12.2. The van der Waals surface area contributed by atoms with Gasteiger partial charge in [-0.2, -0.15) is 0 Å². The molecule has 0 aliphatic carbocycles. The van der Waals surface area contributed by atoms with Crippen LogP contribution in [0.2, 0.25) is 0 Å². The Balaban J connectivity index is 1.79. The second-order valence-electron chi connectivity index (χ2n) is 4.70. The maximum absolute atomic E-state index is 12.4. The number of para-hydroxylation sites is 1. The molecule has 2 aromatic carbocycles. The molecule has 0 fully saturated rings. The molecule has 3 rings (SSSR count). The van der Waals surface area contributed by atoms with Crippen LogP contribution in [0, 0.1) is 3.57 Å². The highest BCUT2D eigenvalue weighted by atomic mass is 127. The lowest BCUT2D eigenvalue weighted by atomic mass is 10.2. The van der Waals surface area contributed by atoms with Gasteiger partial charge in [0.25, 0.3) is 5.91 Å². The molecule has 4 nitrogen and oxygen atoms in total. The Hall–Kier alpha value is -1.93. The first-order valence-corrected chi connectivity index (χ1v) is 8.79. The van der Waals surface area contributed by atoms with Crippen molar-refractivity contribution >= 4 is 45.0 Å². The number of carbonyl (C=O) groups is 1. The van der Waals surface area contributed by atoms with Crippen molar-refractivity contribution in [1.82, 2.24) is 4.98 Å². The minimum absolute atomic E-state index is 0.231. The van der Waals surface area contributed by atoms with Crippen molar-refractivity contribution in [3.05, 3.63) is 63.0 Å². The molecule has 3 aromatic rings. The summed E-state index contributed by atoms with van der Waals surface area (Å²) in [6.45, 7) is 0. The molecule has 23 heavy (non-hydrogen) atoms. The number of hydrogen-bond acceptors (Lipinski definition) is 4. The van der Waals surface area contributed by atoms with Crippen molar-refractivity contribution in [2.75, 3.05) is 12.4 Å². The summed E-state index contributed by atoms with van der Waals surface area (Å²) in [7, 11) is 1.55. The molecule has 0 atom stereocenters. The van der Waals surface area contributed by atoms with Crippen LogP contribution in [0.1, 0.15) is 10.4 Å². The predicted octanol–water partition coefficient (Wildman–Crippen LogP) is 4.68. The van der Waals surface area contributed by atoms with Crippen molar-refractivity contribution < 1.29 is 9.53 Å². The average Bonchev–Trinajstić information content (AvgIpc) is 3.04. The number of halogens is 1. The maximum Gasteiger partial charge on any atom is 0.261 e. The number of amides is 1. The molecule has 0 radical (unpaired) electrons. The summed E-state index contributed by atoms with van der Waals surface area (Å²) in [4.78, 5) is 16.8. The van der Waals surface area contributed by atoms with Gasteiger partial charge in [-0.25, -0.2) is 4.98 Å². The summed E-state index contributed by atoms with van der Waals surface area (Å²) >= 11 is 3.66. The highest BCUT2D eigenvalue weighted by molar-refractivity contribution is 14.1. The zero-order valence-corrected chi connectivity index (χ0v) is 15.2.